The lowest BCUT2D eigenvalue weighted by Gasteiger charge is -2.32. The number of amides is 2. The van der Waals surface area contributed by atoms with Crippen molar-refractivity contribution in [2.24, 2.45) is 5.92 Å². The summed E-state index contributed by atoms with van der Waals surface area (Å²) >= 11 is 14.2. The molecule has 0 aliphatic carbocycles. The third-order valence-electron chi connectivity index (χ3n) is 7.28. The van der Waals surface area contributed by atoms with Crippen LogP contribution in [0, 0.1) is 11.7 Å². The van der Waals surface area contributed by atoms with Crippen LogP contribution in [-0.2, 0) is 5.41 Å². The van der Waals surface area contributed by atoms with Gasteiger partial charge in [0.1, 0.15) is 0 Å². The second-order valence-corrected chi connectivity index (χ2v) is 12.1. The van der Waals surface area contributed by atoms with Gasteiger partial charge in [-0.2, -0.15) is 0 Å². The first-order chi connectivity index (χ1) is 18.6. The number of urea groups is 1. The molecule has 4 rings (SSSR count). The number of benzene rings is 2. The standard InChI is InChI=1S/C29H35Cl2FN4O2S/c1-5-12-33-27(37)35-13-10-19(11-14-35)18-39-28-34-17-26(29(2,3)20-6-8-22(30)23(31)15-20)36(28)21-7-9-24(32)25(16-21)38-4/h6-9,15-17,19H,5,10-14,18H2,1-4H3,(H,33,37). The van der Waals surface area contributed by atoms with Crippen molar-refractivity contribution >= 4 is 41.0 Å². The Kier molecular flexibility index (Phi) is 9.73. The lowest BCUT2D eigenvalue weighted by molar-refractivity contribution is 0.175. The maximum atomic E-state index is 14.3. The van der Waals surface area contributed by atoms with Crippen LogP contribution in [0.4, 0.5) is 9.18 Å². The zero-order chi connectivity index (χ0) is 28.2. The fraction of sp³-hybridized carbons (Fsp3) is 0.448. The van der Waals surface area contributed by atoms with Gasteiger partial charge >= 0.3 is 6.03 Å². The van der Waals surface area contributed by atoms with Crippen LogP contribution in [0.1, 0.15) is 51.3 Å². The van der Waals surface area contributed by atoms with E-state index in [0.29, 0.717) is 22.5 Å². The first kappa shape index (κ1) is 29.6. The SMILES string of the molecule is CCCNC(=O)N1CCC(CSc2ncc(C(C)(C)c3ccc(Cl)c(Cl)c3)n2-c2ccc(F)c(OC)c2)CC1. The minimum Gasteiger partial charge on any atom is -0.494 e. The number of rotatable bonds is 9. The minimum atomic E-state index is -0.487. The van der Waals surface area contributed by atoms with Crippen LogP contribution in [0.3, 0.4) is 0 Å². The number of halogens is 3. The average molecular weight is 594 g/mol. The summed E-state index contributed by atoms with van der Waals surface area (Å²) in [6.45, 7) is 8.46. The Morgan fingerprint density at radius 2 is 1.92 bits per heavy atom. The van der Waals surface area contributed by atoms with Gasteiger partial charge in [0.25, 0.3) is 0 Å². The Labute approximate surface area is 244 Å². The van der Waals surface area contributed by atoms with Crippen molar-refractivity contribution in [3.8, 4) is 11.4 Å². The van der Waals surface area contributed by atoms with Crippen LogP contribution in [0.25, 0.3) is 5.69 Å². The van der Waals surface area contributed by atoms with Gasteiger partial charge in [0.2, 0.25) is 0 Å². The molecule has 2 aromatic carbocycles. The number of nitrogens with one attached hydrogen (secondary N) is 1. The van der Waals surface area contributed by atoms with Gasteiger partial charge in [-0.05, 0) is 55.0 Å². The summed E-state index contributed by atoms with van der Waals surface area (Å²) < 4.78 is 21.7. The third kappa shape index (κ3) is 6.67. The van der Waals surface area contributed by atoms with Crippen LogP contribution in [-0.4, -0.2) is 53.0 Å². The average Bonchev–Trinajstić information content (AvgIpc) is 3.37. The van der Waals surface area contributed by atoms with E-state index in [1.807, 2.05) is 30.2 Å². The highest BCUT2D eigenvalue weighted by Gasteiger charge is 2.31. The van der Waals surface area contributed by atoms with E-state index < -0.39 is 11.2 Å². The predicted octanol–water partition coefficient (Wildman–Crippen LogP) is 7.58. The Morgan fingerprint density at radius 3 is 2.59 bits per heavy atom. The van der Waals surface area contributed by atoms with E-state index in [0.717, 1.165) is 60.2 Å². The van der Waals surface area contributed by atoms with Crippen molar-refractivity contribution in [2.45, 2.75) is 50.6 Å². The molecule has 3 aromatic rings. The second kappa shape index (κ2) is 12.8. The molecular formula is C29H35Cl2FN4O2S. The van der Waals surface area contributed by atoms with Crippen molar-refractivity contribution in [1.82, 2.24) is 19.8 Å². The minimum absolute atomic E-state index is 0.0259. The molecule has 2 heterocycles. The summed E-state index contributed by atoms with van der Waals surface area (Å²) in [6.07, 6.45) is 4.69. The number of nitrogens with zero attached hydrogens (tertiary/aromatic N) is 3. The maximum absolute atomic E-state index is 14.3. The molecule has 1 aliphatic heterocycles. The summed E-state index contributed by atoms with van der Waals surface area (Å²) in [6, 6.07) is 10.5. The van der Waals surface area contributed by atoms with Crippen molar-refractivity contribution in [2.75, 3.05) is 32.5 Å². The molecule has 0 bridgehead atoms. The highest BCUT2D eigenvalue weighted by atomic mass is 35.5. The quantitative estimate of drug-likeness (QED) is 0.260. The van der Waals surface area contributed by atoms with Gasteiger partial charge in [-0.25, -0.2) is 14.2 Å². The van der Waals surface area contributed by atoms with Crippen LogP contribution in [0.5, 0.6) is 5.75 Å². The molecule has 210 valence electrons. The summed E-state index contributed by atoms with van der Waals surface area (Å²) in [4.78, 5) is 19.0. The van der Waals surface area contributed by atoms with Crippen LogP contribution in [0.2, 0.25) is 10.0 Å². The molecule has 0 spiro atoms. The van der Waals surface area contributed by atoms with Gasteiger partial charge in [-0.3, -0.25) is 4.57 Å². The van der Waals surface area contributed by atoms with Crippen LogP contribution < -0.4 is 10.1 Å². The summed E-state index contributed by atoms with van der Waals surface area (Å²) in [5.41, 5.74) is 2.19. The van der Waals surface area contributed by atoms with Crippen molar-refractivity contribution < 1.29 is 13.9 Å². The topological polar surface area (TPSA) is 59.4 Å². The number of imidazole rings is 1. The molecule has 1 saturated heterocycles. The highest BCUT2D eigenvalue weighted by Crippen LogP contribution is 2.39. The third-order valence-corrected chi connectivity index (χ3v) is 9.20. The first-order valence-electron chi connectivity index (χ1n) is 13.2. The zero-order valence-corrected chi connectivity index (χ0v) is 25.1. The van der Waals surface area contributed by atoms with Crippen molar-refractivity contribution in [1.29, 1.82) is 0 Å². The normalized spacial score (nSPS) is 14.5. The molecule has 0 saturated carbocycles. The number of aromatic nitrogens is 2. The highest BCUT2D eigenvalue weighted by molar-refractivity contribution is 7.99. The van der Waals surface area contributed by atoms with E-state index in [2.05, 4.69) is 23.7 Å². The fourth-order valence-electron chi connectivity index (χ4n) is 4.79. The number of hydrogen-bond donors (Lipinski definition) is 1. The molecule has 0 radical (unpaired) electrons. The number of piperidine rings is 1. The van der Waals surface area contributed by atoms with E-state index in [4.69, 9.17) is 32.9 Å². The van der Waals surface area contributed by atoms with Gasteiger partial charge < -0.3 is 15.0 Å². The van der Waals surface area contributed by atoms with E-state index >= 15 is 0 Å². The Balaban J connectivity index is 1.60. The number of carbonyl (C=O) groups excluding carboxylic acids is 1. The number of hydrogen-bond acceptors (Lipinski definition) is 4. The molecular weight excluding hydrogens is 558 g/mol. The van der Waals surface area contributed by atoms with Gasteiger partial charge in [0.05, 0.1) is 34.7 Å². The fourth-order valence-corrected chi connectivity index (χ4v) is 6.26. The number of methoxy groups -OCH3 is 1. The predicted molar refractivity (Wildman–Crippen MR) is 157 cm³/mol. The van der Waals surface area contributed by atoms with Crippen LogP contribution >= 0.6 is 35.0 Å². The van der Waals surface area contributed by atoms with E-state index in [9.17, 15) is 9.18 Å². The van der Waals surface area contributed by atoms with Gasteiger partial charge in [-0.15, -0.1) is 0 Å². The van der Waals surface area contributed by atoms with Gasteiger partial charge in [0, 0.05) is 36.9 Å². The molecule has 1 aliphatic rings. The van der Waals surface area contributed by atoms with Crippen molar-refractivity contribution in [3.63, 3.8) is 0 Å². The lowest BCUT2D eigenvalue weighted by atomic mass is 9.81. The summed E-state index contributed by atoms with van der Waals surface area (Å²) in [7, 11) is 1.46. The second-order valence-electron chi connectivity index (χ2n) is 10.3. The zero-order valence-electron chi connectivity index (χ0n) is 22.8. The Bertz CT molecular complexity index is 1310. The maximum Gasteiger partial charge on any atom is 0.317 e. The molecule has 0 atom stereocenters. The molecule has 1 N–H and O–H groups in total. The van der Waals surface area contributed by atoms with Gasteiger partial charge in [-0.1, -0.05) is 61.8 Å². The molecule has 39 heavy (non-hydrogen) atoms. The van der Waals surface area contributed by atoms with E-state index in [1.165, 1.54) is 13.2 Å². The summed E-state index contributed by atoms with van der Waals surface area (Å²) in [5.74, 6) is 1.08. The molecule has 0 unspecified atom stereocenters. The number of carbonyl (C=O) groups is 1. The molecule has 1 fully saturated rings. The largest absolute Gasteiger partial charge is 0.494 e. The Hall–Kier alpha value is -2.42. The first-order valence-corrected chi connectivity index (χ1v) is 14.9. The number of ether oxygens (including phenoxy) is 1. The number of thioether (sulfide) groups is 1. The van der Waals surface area contributed by atoms with E-state index in [-0.39, 0.29) is 11.8 Å². The van der Waals surface area contributed by atoms with Crippen LogP contribution in [0.15, 0.2) is 47.8 Å². The lowest BCUT2D eigenvalue weighted by Crippen LogP contribution is -2.44. The molecule has 6 nitrogen and oxygen atoms in total. The molecule has 10 heteroatoms. The molecule has 1 aromatic heterocycles. The monoisotopic (exact) mass is 592 g/mol. The number of likely N-dealkylation sites (tertiary alicyclic amines) is 1. The molecule has 2 amide bonds. The van der Waals surface area contributed by atoms with Gasteiger partial charge in [0.15, 0.2) is 16.7 Å². The smallest absolute Gasteiger partial charge is 0.317 e. The Morgan fingerprint density at radius 1 is 1.18 bits per heavy atom. The van der Waals surface area contributed by atoms with Crippen molar-refractivity contribution in [3.05, 3.63) is 69.7 Å². The van der Waals surface area contributed by atoms with E-state index in [1.54, 1.807) is 30.0 Å². The summed E-state index contributed by atoms with van der Waals surface area (Å²) in [5, 5.41) is 4.77.